The van der Waals surface area contributed by atoms with Crippen molar-refractivity contribution in [3.63, 3.8) is 0 Å². The summed E-state index contributed by atoms with van der Waals surface area (Å²) in [6.07, 6.45) is 1.55. The van der Waals surface area contributed by atoms with Gasteiger partial charge in [-0.25, -0.2) is 4.79 Å². The van der Waals surface area contributed by atoms with Crippen molar-refractivity contribution in [2.24, 2.45) is 0 Å². The Balaban J connectivity index is 1.60. The van der Waals surface area contributed by atoms with Crippen molar-refractivity contribution in [3.8, 4) is 46.0 Å². The summed E-state index contributed by atoms with van der Waals surface area (Å²) in [4.78, 5) is 25.9. The van der Waals surface area contributed by atoms with E-state index in [0.717, 1.165) is 0 Å². The lowest BCUT2D eigenvalue weighted by Gasteiger charge is -2.13. The quantitative estimate of drug-likeness (QED) is 0.225. The van der Waals surface area contributed by atoms with Gasteiger partial charge in [-0.15, -0.1) is 0 Å². The summed E-state index contributed by atoms with van der Waals surface area (Å²) >= 11 is 0. The van der Waals surface area contributed by atoms with Crippen LogP contribution in [-0.2, 0) is 0 Å². The molecule has 0 saturated heterocycles. The number of ether oxygens (including phenoxy) is 8. The first-order valence-corrected chi connectivity index (χ1v) is 11.3. The number of ketones is 1. The first-order valence-electron chi connectivity index (χ1n) is 11.3. The standard InChI is InChI=1S/C28H26O10/c1-31-19-14-22(33-3)21(32-2)9-15(19)10-23-26(29)18-8-7-17(13-20(18)38-23)37-28(30)16-11-24(34-4)27(36-6)25(12-16)35-5/h7-14H,1-6H3. The highest BCUT2D eigenvalue weighted by atomic mass is 16.5. The zero-order valence-electron chi connectivity index (χ0n) is 21.7. The van der Waals surface area contributed by atoms with E-state index in [1.807, 2.05) is 0 Å². The summed E-state index contributed by atoms with van der Waals surface area (Å²) in [5.74, 6) is 1.86. The van der Waals surface area contributed by atoms with Gasteiger partial charge in [-0.3, -0.25) is 4.79 Å². The Morgan fingerprint density at radius 3 is 1.89 bits per heavy atom. The number of fused-ring (bicyclic) bond motifs is 1. The second-order valence-corrected chi connectivity index (χ2v) is 7.85. The average molecular weight is 523 g/mol. The van der Waals surface area contributed by atoms with Crippen LogP contribution in [0.25, 0.3) is 6.08 Å². The van der Waals surface area contributed by atoms with Crippen LogP contribution in [0.15, 0.2) is 48.2 Å². The smallest absolute Gasteiger partial charge is 0.343 e. The number of allylic oxidation sites excluding steroid dienone is 1. The van der Waals surface area contributed by atoms with E-state index in [4.69, 9.17) is 37.9 Å². The van der Waals surface area contributed by atoms with Gasteiger partial charge in [0.2, 0.25) is 11.5 Å². The minimum Gasteiger partial charge on any atom is -0.496 e. The van der Waals surface area contributed by atoms with Crippen molar-refractivity contribution in [1.29, 1.82) is 0 Å². The molecular weight excluding hydrogens is 496 g/mol. The van der Waals surface area contributed by atoms with Gasteiger partial charge < -0.3 is 37.9 Å². The van der Waals surface area contributed by atoms with Crippen LogP contribution in [0.2, 0.25) is 0 Å². The molecule has 0 amide bonds. The number of Topliss-reactive ketones (excluding diaryl/α,β-unsaturated/α-hetero) is 1. The van der Waals surface area contributed by atoms with Gasteiger partial charge in [0.25, 0.3) is 0 Å². The Morgan fingerprint density at radius 2 is 1.32 bits per heavy atom. The van der Waals surface area contributed by atoms with Crippen molar-refractivity contribution >= 4 is 17.8 Å². The Hall–Kier alpha value is -4.86. The zero-order chi connectivity index (χ0) is 27.4. The van der Waals surface area contributed by atoms with Gasteiger partial charge >= 0.3 is 5.97 Å². The van der Waals surface area contributed by atoms with E-state index in [1.54, 1.807) is 18.2 Å². The fraction of sp³-hybridized carbons (Fsp3) is 0.214. The molecule has 0 radical (unpaired) electrons. The monoisotopic (exact) mass is 522 g/mol. The summed E-state index contributed by atoms with van der Waals surface area (Å²) < 4.78 is 43.3. The zero-order valence-corrected chi connectivity index (χ0v) is 21.7. The van der Waals surface area contributed by atoms with Crippen LogP contribution in [0.4, 0.5) is 0 Å². The molecule has 0 bridgehead atoms. The van der Waals surface area contributed by atoms with E-state index in [-0.39, 0.29) is 28.6 Å². The van der Waals surface area contributed by atoms with Gasteiger partial charge in [-0.05, 0) is 36.4 Å². The molecule has 0 spiro atoms. The summed E-state index contributed by atoms with van der Waals surface area (Å²) in [5.41, 5.74) is 1.05. The third-order valence-electron chi connectivity index (χ3n) is 5.77. The molecule has 0 atom stereocenters. The van der Waals surface area contributed by atoms with Gasteiger partial charge in [0.1, 0.15) is 17.2 Å². The summed E-state index contributed by atoms with van der Waals surface area (Å²) in [6.45, 7) is 0. The lowest BCUT2D eigenvalue weighted by molar-refractivity contribution is 0.0733. The average Bonchev–Trinajstić information content (AvgIpc) is 3.25. The maximum Gasteiger partial charge on any atom is 0.343 e. The maximum atomic E-state index is 13.0. The van der Waals surface area contributed by atoms with Gasteiger partial charge in [-0.2, -0.15) is 0 Å². The number of benzene rings is 3. The molecule has 38 heavy (non-hydrogen) atoms. The molecule has 1 aliphatic rings. The number of carbonyl (C=O) groups is 2. The fourth-order valence-electron chi connectivity index (χ4n) is 3.90. The molecule has 10 nitrogen and oxygen atoms in total. The molecule has 0 unspecified atom stereocenters. The van der Waals surface area contributed by atoms with Crippen LogP contribution in [0.3, 0.4) is 0 Å². The third-order valence-corrected chi connectivity index (χ3v) is 5.77. The summed E-state index contributed by atoms with van der Waals surface area (Å²) in [6, 6.07) is 10.8. The van der Waals surface area contributed by atoms with Crippen LogP contribution < -0.4 is 37.9 Å². The lowest BCUT2D eigenvalue weighted by atomic mass is 10.1. The molecule has 3 aromatic carbocycles. The van der Waals surface area contributed by atoms with Crippen molar-refractivity contribution in [2.45, 2.75) is 0 Å². The molecule has 0 fully saturated rings. The SMILES string of the molecule is COc1cc(OC)c(OC)cc1C=C1Oc2cc(OC(=O)c3cc(OC)c(OC)c(OC)c3)ccc2C1=O. The molecule has 4 rings (SSSR count). The van der Waals surface area contributed by atoms with E-state index in [2.05, 4.69) is 0 Å². The number of rotatable bonds is 9. The van der Waals surface area contributed by atoms with Crippen LogP contribution in [0, 0.1) is 0 Å². The molecule has 1 heterocycles. The van der Waals surface area contributed by atoms with Gasteiger partial charge in [0, 0.05) is 17.7 Å². The first kappa shape index (κ1) is 26.2. The van der Waals surface area contributed by atoms with Crippen molar-refractivity contribution < 1.29 is 47.5 Å². The summed E-state index contributed by atoms with van der Waals surface area (Å²) in [7, 11) is 8.89. The van der Waals surface area contributed by atoms with Gasteiger partial charge in [0.05, 0.1) is 53.8 Å². The van der Waals surface area contributed by atoms with Crippen LogP contribution in [-0.4, -0.2) is 54.4 Å². The van der Waals surface area contributed by atoms with E-state index < -0.39 is 5.97 Å². The number of carbonyl (C=O) groups excluding carboxylic acids is 2. The molecule has 198 valence electrons. The molecule has 10 heteroatoms. The van der Waals surface area contributed by atoms with Crippen LogP contribution in [0.5, 0.6) is 46.0 Å². The Bertz CT molecular complexity index is 1400. The van der Waals surface area contributed by atoms with Crippen molar-refractivity contribution in [3.05, 3.63) is 64.9 Å². The predicted octanol–water partition coefficient (Wildman–Crippen LogP) is 4.57. The Morgan fingerprint density at radius 1 is 0.711 bits per heavy atom. The molecule has 0 aliphatic carbocycles. The topological polar surface area (TPSA) is 108 Å². The second-order valence-electron chi connectivity index (χ2n) is 7.85. The second kappa shape index (κ2) is 11.0. The van der Waals surface area contributed by atoms with E-state index >= 15 is 0 Å². The normalized spacial score (nSPS) is 12.9. The molecule has 0 N–H and O–H groups in total. The largest absolute Gasteiger partial charge is 0.496 e. The highest BCUT2D eigenvalue weighted by Gasteiger charge is 2.29. The molecular formula is C28H26O10. The van der Waals surface area contributed by atoms with Crippen molar-refractivity contribution in [2.75, 3.05) is 42.7 Å². The van der Waals surface area contributed by atoms with Crippen LogP contribution in [0.1, 0.15) is 26.3 Å². The Kier molecular flexibility index (Phi) is 7.61. The predicted molar refractivity (Wildman–Crippen MR) is 137 cm³/mol. The molecule has 0 saturated carbocycles. The highest BCUT2D eigenvalue weighted by molar-refractivity contribution is 6.14. The third kappa shape index (κ3) is 4.88. The minimum absolute atomic E-state index is 0.0682. The van der Waals surface area contributed by atoms with Crippen molar-refractivity contribution in [1.82, 2.24) is 0 Å². The number of esters is 1. The molecule has 3 aromatic rings. The van der Waals surface area contributed by atoms with Crippen LogP contribution >= 0.6 is 0 Å². The summed E-state index contributed by atoms with van der Waals surface area (Å²) in [5, 5.41) is 0. The maximum absolute atomic E-state index is 13.0. The fourth-order valence-corrected chi connectivity index (χ4v) is 3.90. The van der Waals surface area contributed by atoms with E-state index in [1.165, 1.54) is 73.0 Å². The van der Waals surface area contributed by atoms with E-state index in [9.17, 15) is 9.59 Å². The van der Waals surface area contributed by atoms with E-state index in [0.29, 0.717) is 45.6 Å². The first-order chi connectivity index (χ1) is 18.4. The number of hydrogen-bond donors (Lipinski definition) is 0. The van der Waals surface area contributed by atoms with Gasteiger partial charge in [0.15, 0.2) is 28.8 Å². The minimum atomic E-state index is -0.667. The number of methoxy groups -OCH3 is 6. The highest BCUT2D eigenvalue weighted by Crippen LogP contribution is 2.40. The molecule has 0 aromatic heterocycles. The Labute approximate surface area is 219 Å². The molecule has 1 aliphatic heterocycles. The van der Waals surface area contributed by atoms with Gasteiger partial charge in [-0.1, -0.05) is 0 Å². The number of hydrogen-bond acceptors (Lipinski definition) is 10. The lowest BCUT2D eigenvalue weighted by Crippen LogP contribution is -2.09.